The van der Waals surface area contributed by atoms with Crippen LogP contribution in [-0.2, 0) is 22.4 Å². The van der Waals surface area contributed by atoms with Gasteiger partial charge in [0.25, 0.3) is 0 Å². The minimum atomic E-state index is -0.743. The molecule has 1 unspecified atom stereocenters. The van der Waals surface area contributed by atoms with E-state index in [1.54, 1.807) is 11.3 Å². The van der Waals surface area contributed by atoms with Crippen molar-refractivity contribution in [3.63, 3.8) is 0 Å². The Morgan fingerprint density at radius 3 is 3.18 bits per heavy atom. The van der Waals surface area contributed by atoms with Crippen molar-refractivity contribution in [2.75, 3.05) is 13.2 Å². The van der Waals surface area contributed by atoms with Crippen LogP contribution in [-0.4, -0.2) is 29.3 Å². The number of hydrogen-bond donors (Lipinski definition) is 1. The second-order valence-electron chi connectivity index (χ2n) is 4.15. The van der Waals surface area contributed by atoms with E-state index in [1.165, 1.54) is 0 Å². The summed E-state index contributed by atoms with van der Waals surface area (Å²) in [5, 5.41) is 10.2. The lowest BCUT2D eigenvalue weighted by Gasteiger charge is -2.16. The molecule has 0 saturated carbocycles. The molecule has 17 heavy (non-hydrogen) atoms. The molecule has 2 rings (SSSR count). The molecule has 1 atom stereocenters. The van der Waals surface area contributed by atoms with E-state index >= 15 is 0 Å². The zero-order valence-electron chi connectivity index (χ0n) is 9.94. The van der Waals surface area contributed by atoms with Gasteiger partial charge in [-0.3, -0.25) is 4.79 Å². The number of carboxylic acids is 1. The summed E-state index contributed by atoms with van der Waals surface area (Å²) in [7, 11) is 0. The first-order valence-electron chi connectivity index (χ1n) is 6.01. The van der Waals surface area contributed by atoms with Crippen molar-refractivity contribution in [3.8, 4) is 0 Å². The van der Waals surface area contributed by atoms with Crippen molar-refractivity contribution in [1.82, 2.24) is 4.98 Å². The number of rotatable bonds is 5. The van der Waals surface area contributed by atoms with Crippen LogP contribution in [0.3, 0.4) is 0 Å². The van der Waals surface area contributed by atoms with Crippen molar-refractivity contribution < 1.29 is 14.6 Å². The lowest BCUT2D eigenvalue weighted by Crippen LogP contribution is -2.17. The number of ether oxygens (including phenoxy) is 1. The third-order valence-corrected chi connectivity index (χ3v) is 4.15. The maximum atomic E-state index is 11.1. The SMILES string of the molecule is CCOCCc1nc2c(s1)CCCC2C(=O)O. The average Bonchev–Trinajstić information content (AvgIpc) is 2.71. The van der Waals surface area contributed by atoms with Crippen LogP contribution in [0.5, 0.6) is 0 Å². The van der Waals surface area contributed by atoms with Gasteiger partial charge in [-0.15, -0.1) is 11.3 Å². The van der Waals surface area contributed by atoms with Crippen molar-refractivity contribution in [2.45, 2.75) is 38.5 Å². The van der Waals surface area contributed by atoms with Gasteiger partial charge in [-0.05, 0) is 26.2 Å². The van der Waals surface area contributed by atoms with Gasteiger partial charge in [0.2, 0.25) is 0 Å². The van der Waals surface area contributed by atoms with Gasteiger partial charge < -0.3 is 9.84 Å². The predicted octanol–water partition coefficient (Wildman–Crippen LogP) is 2.23. The van der Waals surface area contributed by atoms with Crippen LogP contribution >= 0.6 is 11.3 Å². The number of fused-ring (bicyclic) bond motifs is 1. The Labute approximate surface area is 105 Å². The molecule has 5 heteroatoms. The van der Waals surface area contributed by atoms with E-state index in [9.17, 15) is 4.79 Å². The second-order valence-corrected chi connectivity index (χ2v) is 5.31. The maximum absolute atomic E-state index is 11.1. The number of carboxylic acid groups (broad SMARTS) is 1. The van der Waals surface area contributed by atoms with E-state index in [0.717, 1.165) is 41.3 Å². The number of aromatic nitrogens is 1. The number of aliphatic carboxylic acids is 1. The Morgan fingerprint density at radius 2 is 2.47 bits per heavy atom. The summed E-state index contributed by atoms with van der Waals surface area (Å²) < 4.78 is 5.29. The van der Waals surface area contributed by atoms with E-state index in [2.05, 4.69) is 4.98 Å². The zero-order valence-corrected chi connectivity index (χ0v) is 10.8. The molecule has 1 aliphatic rings. The molecular formula is C12H17NO3S. The van der Waals surface area contributed by atoms with E-state index in [-0.39, 0.29) is 0 Å². The van der Waals surface area contributed by atoms with Crippen LogP contribution < -0.4 is 0 Å². The number of carbonyl (C=O) groups is 1. The Balaban J connectivity index is 2.10. The Bertz CT molecular complexity index is 402. The molecule has 0 saturated heterocycles. The molecular weight excluding hydrogens is 238 g/mol. The lowest BCUT2D eigenvalue weighted by atomic mass is 9.91. The van der Waals surface area contributed by atoms with Crippen LogP contribution in [0.2, 0.25) is 0 Å². The van der Waals surface area contributed by atoms with Gasteiger partial charge >= 0.3 is 5.97 Å². The van der Waals surface area contributed by atoms with Crippen LogP contribution in [0.1, 0.15) is 41.3 Å². The van der Waals surface area contributed by atoms with E-state index in [1.807, 2.05) is 6.92 Å². The average molecular weight is 255 g/mol. The van der Waals surface area contributed by atoms with E-state index in [0.29, 0.717) is 13.2 Å². The first-order valence-corrected chi connectivity index (χ1v) is 6.83. The van der Waals surface area contributed by atoms with Gasteiger partial charge in [0, 0.05) is 17.9 Å². The summed E-state index contributed by atoms with van der Waals surface area (Å²) in [6.45, 7) is 3.34. The van der Waals surface area contributed by atoms with Gasteiger partial charge in [-0.25, -0.2) is 4.98 Å². The predicted molar refractivity (Wildman–Crippen MR) is 65.6 cm³/mol. The topological polar surface area (TPSA) is 59.4 Å². The molecule has 0 aromatic carbocycles. The molecule has 94 valence electrons. The van der Waals surface area contributed by atoms with Crippen molar-refractivity contribution in [1.29, 1.82) is 0 Å². The quantitative estimate of drug-likeness (QED) is 0.820. The second kappa shape index (κ2) is 5.60. The zero-order chi connectivity index (χ0) is 12.3. The molecule has 0 amide bonds. The number of nitrogens with zero attached hydrogens (tertiary/aromatic N) is 1. The molecule has 1 N–H and O–H groups in total. The molecule has 1 aliphatic carbocycles. The van der Waals surface area contributed by atoms with E-state index in [4.69, 9.17) is 9.84 Å². The molecule has 0 bridgehead atoms. The molecule has 0 spiro atoms. The minimum absolute atomic E-state index is 0.393. The summed E-state index contributed by atoms with van der Waals surface area (Å²) in [6.07, 6.45) is 3.44. The molecule has 1 aromatic rings. The monoisotopic (exact) mass is 255 g/mol. The first-order chi connectivity index (χ1) is 8.22. The third-order valence-electron chi connectivity index (χ3n) is 2.96. The Hall–Kier alpha value is -0.940. The number of hydrogen-bond acceptors (Lipinski definition) is 4. The molecule has 1 aromatic heterocycles. The van der Waals surface area contributed by atoms with Gasteiger partial charge in [0.1, 0.15) is 0 Å². The standard InChI is InChI=1S/C12H17NO3S/c1-2-16-7-6-10-13-11-8(12(14)15)4-3-5-9(11)17-10/h8H,2-7H2,1H3,(H,14,15). The fourth-order valence-corrected chi connectivity index (χ4v) is 3.27. The van der Waals surface area contributed by atoms with Gasteiger partial charge in [0.15, 0.2) is 0 Å². The largest absolute Gasteiger partial charge is 0.481 e. The summed E-state index contributed by atoms with van der Waals surface area (Å²) in [5.74, 6) is -1.14. The normalized spacial score (nSPS) is 19.0. The summed E-state index contributed by atoms with van der Waals surface area (Å²) in [5.41, 5.74) is 0.806. The summed E-state index contributed by atoms with van der Waals surface area (Å²) in [6, 6.07) is 0. The molecule has 0 radical (unpaired) electrons. The van der Waals surface area contributed by atoms with Crippen molar-refractivity contribution in [2.24, 2.45) is 0 Å². The van der Waals surface area contributed by atoms with Crippen LogP contribution in [0.4, 0.5) is 0 Å². The molecule has 1 heterocycles. The van der Waals surface area contributed by atoms with Crippen molar-refractivity contribution >= 4 is 17.3 Å². The Kier molecular flexibility index (Phi) is 4.12. The van der Waals surface area contributed by atoms with Crippen LogP contribution in [0.15, 0.2) is 0 Å². The highest BCUT2D eigenvalue weighted by Gasteiger charge is 2.29. The molecule has 0 fully saturated rings. The number of aryl methyl sites for hydroxylation is 1. The highest BCUT2D eigenvalue weighted by Crippen LogP contribution is 2.35. The van der Waals surface area contributed by atoms with E-state index < -0.39 is 11.9 Å². The Morgan fingerprint density at radius 1 is 1.65 bits per heavy atom. The fourth-order valence-electron chi connectivity index (χ4n) is 2.12. The highest BCUT2D eigenvalue weighted by molar-refractivity contribution is 7.11. The maximum Gasteiger partial charge on any atom is 0.312 e. The highest BCUT2D eigenvalue weighted by atomic mass is 32.1. The van der Waals surface area contributed by atoms with Crippen LogP contribution in [0, 0.1) is 0 Å². The first kappa shape index (κ1) is 12.5. The van der Waals surface area contributed by atoms with Gasteiger partial charge in [-0.1, -0.05) is 0 Å². The lowest BCUT2D eigenvalue weighted by molar-refractivity contribution is -0.139. The van der Waals surface area contributed by atoms with Gasteiger partial charge in [-0.2, -0.15) is 0 Å². The number of thiazole rings is 1. The van der Waals surface area contributed by atoms with Crippen LogP contribution in [0.25, 0.3) is 0 Å². The van der Waals surface area contributed by atoms with Crippen molar-refractivity contribution in [3.05, 3.63) is 15.6 Å². The minimum Gasteiger partial charge on any atom is -0.481 e. The molecule has 0 aliphatic heterocycles. The smallest absolute Gasteiger partial charge is 0.312 e. The summed E-state index contributed by atoms with van der Waals surface area (Å²) in [4.78, 5) is 16.8. The molecule has 4 nitrogen and oxygen atoms in total. The summed E-state index contributed by atoms with van der Waals surface area (Å²) >= 11 is 1.65. The van der Waals surface area contributed by atoms with Gasteiger partial charge in [0.05, 0.1) is 23.2 Å². The fraction of sp³-hybridized carbons (Fsp3) is 0.667. The third kappa shape index (κ3) is 2.84.